The van der Waals surface area contributed by atoms with Gasteiger partial charge in [-0.15, -0.1) is 0 Å². The molecule has 0 saturated heterocycles. The summed E-state index contributed by atoms with van der Waals surface area (Å²) in [6.07, 6.45) is 3.19. The fourth-order valence-corrected chi connectivity index (χ4v) is 2.87. The van der Waals surface area contributed by atoms with Gasteiger partial charge in [0.2, 0.25) is 0 Å². The van der Waals surface area contributed by atoms with E-state index in [1.54, 1.807) is 38.2 Å². The highest BCUT2D eigenvalue weighted by atomic mass is 16.5. The van der Waals surface area contributed by atoms with Crippen LogP contribution in [0.15, 0.2) is 35.3 Å². The summed E-state index contributed by atoms with van der Waals surface area (Å²) in [7, 11) is 0. The van der Waals surface area contributed by atoms with E-state index < -0.39 is 11.5 Å². The maximum atomic E-state index is 12.8. The molecule has 0 unspecified atom stereocenters. The van der Waals surface area contributed by atoms with Gasteiger partial charge in [0.1, 0.15) is 11.3 Å². The molecule has 0 atom stereocenters. The molecule has 0 spiro atoms. The van der Waals surface area contributed by atoms with E-state index in [-0.39, 0.29) is 5.56 Å². The van der Waals surface area contributed by atoms with Crippen molar-refractivity contribution in [3.05, 3.63) is 40.8 Å². The minimum Gasteiger partial charge on any atom is -0.494 e. The van der Waals surface area contributed by atoms with E-state index >= 15 is 0 Å². The standard InChI is InChI=1S/C18H23NO4/c1-4-11-23-14-7-8-15-13(12-14)9-10-19(16(15)20)18(5-2,6-3)17(21)22/h7-10,12H,4-6,11H2,1-3H3,(H,21,22). The number of nitrogens with zero attached hydrogens (tertiary/aromatic N) is 1. The Hall–Kier alpha value is -2.30. The van der Waals surface area contributed by atoms with E-state index in [1.165, 1.54) is 4.57 Å². The summed E-state index contributed by atoms with van der Waals surface area (Å²) in [6.45, 7) is 6.23. The first-order valence-electron chi connectivity index (χ1n) is 8.02. The monoisotopic (exact) mass is 317 g/mol. The zero-order valence-electron chi connectivity index (χ0n) is 13.8. The van der Waals surface area contributed by atoms with Gasteiger partial charge in [-0.1, -0.05) is 20.8 Å². The topological polar surface area (TPSA) is 68.5 Å². The van der Waals surface area contributed by atoms with Crippen LogP contribution in [0.4, 0.5) is 0 Å². The number of carbonyl (C=O) groups is 1. The normalized spacial score (nSPS) is 11.6. The van der Waals surface area contributed by atoms with Gasteiger partial charge in [-0.3, -0.25) is 9.36 Å². The fraction of sp³-hybridized carbons (Fsp3) is 0.444. The summed E-state index contributed by atoms with van der Waals surface area (Å²) in [5.41, 5.74) is -1.49. The smallest absolute Gasteiger partial charge is 0.329 e. The van der Waals surface area contributed by atoms with Crippen LogP contribution < -0.4 is 10.3 Å². The van der Waals surface area contributed by atoms with Gasteiger partial charge in [-0.2, -0.15) is 0 Å². The predicted molar refractivity (Wildman–Crippen MR) is 90.2 cm³/mol. The number of fused-ring (bicyclic) bond motifs is 1. The maximum Gasteiger partial charge on any atom is 0.329 e. The van der Waals surface area contributed by atoms with Gasteiger partial charge in [-0.25, -0.2) is 4.79 Å². The van der Waals surface area contributed by atoms with Crippen molar-refractivity contribution in [2.75, 3.05) is 6.61 Å². The molecule has 0 radical (unpaired) electrons. The summed E-state index contributed by atoms with van der Waals surface area (Å²) >= 11 is 0. The molecule has 23 heavy (non-hydrogen) atoms. The van der Waals surface area contributed by atoms with Crippen molar-refractivity contribution >= 4 is 16.7 Å². The maximum absolute atomic E-state index is 12.8. The van der Waals surface area contributed by atoms with E-state index in [0.29, 0.717) is 30.6 Å². The molecule has 5 nitrogen and oxygen atoms in total. The first-order valence-corrected chi connectivity index (χ1v) is 8.02. The highest BCUT2D eigenvalue weighted by Gasteiger charge is 2.37. The second-order valence-electron chi connectivity index (χ2n) is 5.63. The fourth-order valence-electron chi connectivity index (χ4n) is 2.87. The summed E-state index contributed by atoms with van der Waals surface area (Å²) in [4.78, 5) is 24.5. The predicted octanol–water partition coefficient (Wildman–Crippen LogP) is 3.39. The molecule has 0 aliphatic heterocycles. The van der Waals surface area contributed by atoms with Crippen molar-refractivity contribution in [1.82, 2.24) is 4.57 Å². The average Bonchev–Trinajstić information content (AvgIpc) is 2.56. The Balaban J connectivity index is 2.59. The number of aliphatic carboxylic acids is 1. The summed E-state index contributed by atoms with van der Waals surface area (Å²) in [6, 6.07) is 7.05. The highest BCUT2D eigenvalue weighted by Crippen LogP contribution is 2.26. The van der Waals surface area contributed by atoms with Gasteiger partial charge < -0.3 is 9.84 Å². The van der Waals surface area contributed by atoms with E-state index in [9.17, 15) is 14.7 Å². The van der Waals surface area contributed by atoms with Crippen molar-refractivity contribution < 1.29 is 14.6 Å². The summed E-state index contributed by atoms with van der Waals surface area (Å²) in [5.74, 6) is -0.265. The number of carboxylic acid groups (broad SMARTS) is 1. The van der Waals surface area contributed by atoms with Gasteiger partial charge in [0.25, 0.3) is 5.56 Å². The highest BCUT2D eigenvalue weighted by molar-refractivity contribution is 5.84. The minimum absolute atomic E-state index is 0.282. The van der Waals surface area contributed by atoms with Crippen molar-refractivity contribution in [2.45, 2.75) is 45.6 Å². The molecular formula is C18H23NO4. The molecule has 1 N–H and O–H groups in total. The lowest BCUT2D eigenvalue weighted by atomic mass is 9.92. The molecule has 0 saturated carbocycles. The number of carboxylic acids is 1. The Morgan fingerprint density at radius 2 is 1.91 bits per heavy atom. The molecule has 1 aromatic heterocycles. The minimum atomic E-state index is -1.21. The van der Waals surface area contributed by atoms with Crippen molar-refractivity contribution in [3.8, 4) is 5.75 Å². The summed E-state index contributed by atoms with van der Waals surface area (Å²) < 4.78 is 6.93. The van der Waals surface area contributed by atoms with Gasteiger partial charge in [0.15, 0.2) is 0 Å². The lowest BCUT2D eigenvalue weighted by Gasteiger charge is -2.29. The number of hydrogen-bond acceptors (Lipinski definition) is 3. The van der Waals surface area contributed by atoms with Gasteiger partial charge in [0, 0.05) is 11.6 Å². The van der Waals surface area contributed by atoms with Gasteiger partial charge in [-0.05, 0) is 48.9 Å². The molecule has 2 rings (SSSR count). The van der Waals surface area contributed by atoms with Crippen LogP contribution in [-0.2, 0) is 10.3 Å². The Morgan fingerprint density at radius 1 is 1.22 bits per heavy atom. The number of pyridine rings is 1. The van der Waals surface area contributed by atoms with Crippen molar-refractivity contribution in [3.63, 3.8) is 0 Å². The van der Waals surface area contributed by atoms with Crippen LogP contribution in [-0.4, -0.2) is 22.2 Å². The van der Waals surface area contributed by atoms with Crippen LogP contribution in [0.25, 0.3) is 10.8 Å². The second-order valence-corrected chi connectivity index (χ2v) is 5.63. The van der Waals surface area contributed by atoms with Crippen LogP contribution in [0, 0.1) is 0 Å². The largest absolute Gasteiger partial charge is 0.494 e. The number of ether oxygens (including phenoxy) is 1. The average molecular weight is 317 g/mol. The molecule has 0 fully saturated rings. The zero-order valence-corrected chi connectivity index (χ0v) is 13.8. The third kappa shape index (κ3) is 2.96. The quantitative estimate of drug-likeness (QED) is 0.850. The van der Waals surface area contributed by atoms with Crippen LogP contribution in [0.1, 0.15) is 40.0 Å². The lowest BCUT2D eigenvalue weighted by molar-refractivity contribution is -0.148. The molecule has 2 aromatic rings. The third-order valence-corrected chi connectivity index (χ3v) is 4.38. The SMILES string of the molecule is CCCOc1ccc2c(=O)n(C(CC)(CC)C(=O)O)ccc2c1. The molecule has 1 heterocycles. The molecule has 0 aliphatic rings. The molecule has 0 amide bonds. The van der Waals surface area contributed by atoms with E-state index in [0.717, 1.165) is 11.8 Å². The Labute approximate surface area is 135 Å². The van der Waals surface area contributed by atoms with Crippen LogP contribution in [0.5, 0.6) is 5.75 Å². The summed E-state index contributed by atoms with van der Waals surface area (Å²) in [5, 5.41) is 10.9. The van der Waals surface area contributed by atoms with Crippen LogP contribution >= 0.6 is 0 Å². The van der Waals surface area contributed by atoms with Gasteiger partial charge in [0.05, 0.1) is 6.61 Å². The van der Waals surface area contributed by atoms with E-state index in [2.05, 4.69) is 0 Å². The number of benzene rings is 1. The lowest BCUT2D eigenvalue weighted by Crippen LogP contribution is -2.46. The van der Waals surface area contributed by atoms with Crippen molar-refractivity contribution in [1.29, 1.82) is 0 Å². The molecule has 5 heteroatoms. The third-order valence-electron chi connectivity index (χ3n) is 4.38. The first-order chi connectivity index (χ1) is 11.0. The number of rotatable bonds is 7. The molecule has 0 aliphatic carbocycles. The van der Waals surface area contributed by atoms with E-state index in [1.807, 2.05) is 13.0 Å². The zero-order chi connectivity index (χ0) is 17.0. The van der Waals surface area contributed by atoms with Crippen molar-refractivity contribution in [2.24, 2.45) is 0 Å². The van der Waals surface area contributed by atoms with Gasteiger partial charge >= 0.3 is 5.97 Å². The Bertz CT molecular complexity index is 759. The molecule has 0 bridgehead atoms. The first kappa shape index (κ1) is 17.1. The Kier molecular flexibility index (Phi) is 5.08. The number of aromatic nitrogens is 1. The molecular weight excluding hydrogens is 294 g/mol. The molecule has 124 valence electrons. The van der Waals surface area contributed by atoms with Crippen LogP contribution in [0.3, 0.4) is 0 Å². The Morgan fingerprint density at radius 3 is 2.48 bits per heavy atom. The van der Waals surface area contributed by atoms with Crippen LogP contribution in [0.2, 0.25) is 0 Å². The second kappa shape index (κ2) is 6.86. The number of hydrogen-bond donors (Lipinski definition) is 1. The molecule has 1 aromatic carbocycles. The van der Waals surface area contributed by atoms with E-state index in [4.69, 9.17) is 4.74 Å².